The van der Waals surface area contributed by atoms with E-state index in [2.05, 4.69) is 22.8 Å². The molecule has 2 aromatic carbocycles. The van der Waals surface area contributed by atoms with Gasteiger partial charge < -0.3 is 10.6 Å². The van der Waals surface area contributed by atoms with Crippen LogP contribution in [0.2, 0.25) is 0 Å². The molecule has 2 aliphatic carbocycles. The average Bonchev–Trinajstić information content (AvgIpc) is 3.27. The first-order chi connectivity index (χ1) is 17.3. The number of amides is 1. The summed E-state index contributed by atoms with van der Waals surface area (Å²) in [5, 5.41) is 6.39. The number of rotatable bonds is 6. The normalized spacial score (nSPS) is 24.2. The van der Waals surface area contributed by atoms with Crippen molar-refractivity contribution in [1.29, 1.82) is 0 Å². The zero-order valence-electron chi connectivity index (χ0n) is 20.9. The first kappa shape index (κ1) is 27.5. The van der Waals surface area contributed by atoms with Gasteiger partial charge in [-0.05, 0) is 79.3 Å². The van der Waals surface area contributed by atoms with E-state index in [1.165, 1.54) is 11.1 Å². The molecule has 202 valence electrons. The van der Waals surface area contributed by atoms with Crippen molar-refractivity contribution in [1.82, 2.24) is 10.6 Å². The Morgan fingerprint density at radius 2 is 1.65 bits per heavy atom. The van der Waals surface area contributed by atoms with Crippen molar-refractivity contribution in [2.24, 2.45) is 11.3 Å². The van der Waals surface area contributed by atoms with Crippen LogP contribution in [0.3, 0.4) is 0 Å². The molecule has 0 saturated heterocycles. The fourth-order valence-electron chi connectivity index (χ4n) is 5.90. The third-order valence-corrected chi connectivity index (χ3v) is 8.01. The zero-order chi connectivity index (χ0) is 27.0. The van der Waals surface area contributed by atoms with Gasteiger partial charge in [-0.15, -0.1) is 0 Å². The third kappa shape index (κ3) is 5.97. The van der Waals surface area contributed by atoms with Gasteiger partial charge in [0.1, 0.15) is 0 Å². The van der Waals surface area contributed by atoms with E-state index in [0.29, 0.717) is 25.0 Å². The van der Waals surface area contributed by atoms with Gasteiger partial charge >= 0.3 is 12.4 Å². The monoisotopic (exact) mass is 526 g/mol. The van der Waals surface area contributed by atoms with Crippen molar-refractivity contribution in [2.75, 3.05) is 0 Å². The molecule has 2 aromatic rings. The van der Waals surface area contributed by atoms with Crippen LogP contribution < -0.4 is 10.6 Å². The van der Waals surface area contributed by atoms with Gasteiger partial charge in [-0.25, -0.2) is 0 Å². The van der Waals surface area contributed by atoms with Crippen molar-refractivity contribution in [3.63, 3.8) is 0 Å². The molecule has 1 saturated carbocycles. The maximum absolute atomic E-state index is 13.4. The zero-order valence-corrected chi connectivity index (χ0v) is 20.9. The van der Waals surface area contributed by atoms with E-state index >= 15 is 0 Å². The number of hydrogen-bond donors (Lipinski definition) is 2. The Bertz CT molecular complexity index is 1090. The van der Waals surface area contributed by atoms with Crippen LogP contribution in [0.1, 0.15) is 79.8 Å². The van der Waals surface area contributed by atoms with Gasteiger partial charge in [0.2, 0.25) is 5.91 Å². The lowest BCUT2D eigenvalue weighted by molar-refractivity contribution is -0.143. The lowest BCUT2D eigenvalue weighted by Crippen LogP contribution is -2.44. The number of hydrogen-bond acceptors (Lipinski definition) is 2. The van der Waals surface area contributed by atoms with Gasteiger partial charge in [0, 0.05) is 18.6 Å². The Labute approximate surface area is 213 Å². The second-order valence-corrected chi connectivity index (χ2v) is 10.7. The largest absolute Gasteiger partial charge is 0.416 e. The maximum atomic E-state index is 13.4. The molecule has 1 amide bonds. The molecule has 0 bridgehead atoms. The molecule has 9 heteroatoms. The van der Waals surface area contributed by atoms with Gasteiger partial charge in [0.15, 0.2) is 0 Å². The quantitative estimate of drug-likeness (QED) is 0.391. The van der Waals surface area contributed by atoms with Gasteiger partial charge in [0.05, 0.1) is 16.5 Å². The molecule has 37 heavy (non-hydrogen) atoms. The number of aryl methyl sites for hydroxylation is 1. The Morgan fingerprint density at radius 3 is 2.27 bits per heavy atom. The van der Waals surface area contributed by atoms with E-state index in [0.717, 1.165) is 25.7 Å². The lowest BCUT2D eigenvalue weighted by Gasteiger charge is -2.34. The van der Waals surface area contributed by atoms with Crippen LogP contribution >= 0.6 is 0 Å². The minimum atomic E-state index is -4.93. The smallest absolute Gasteiger partial charge is 0.352 e. The molecule has 1 fully saturated rings. The molecule has 0 radical (unpaired) electrons. The number of halogens is 6. The molecule has 2 N–H and O–H groups in total. The van der Waals surface area contributed by atoms with E-state index in [9.17, 15) is 31.1 Å². The van der Waals surface area contributed by atoms with Crippen LogP contribution in [-0.4, -0.2) is 11.9 Å². The molecule has 1 unspecified atom stereocenters. The predicted octanol–water partition coefficient (Wildman–Crippen LogP) is 7.20. The Kier molecular flexibility index (Phi) is 7.66. The van der Waals surface area contributed by atoms with Crippen LogP contribution in [0.25, 0.3) is 0 Å². The summed E-state index contributed by atoms with van der Waals surface area (Å²) in [6, 6.07) is 10.0. The highest BCUT2D eigenvalue weighted by molar-refractivity contribution is 5.83. The van der Waals surface area contributed by atoms with Gasteiger partial charge in [-0.3, -0.25) is 4.79 Å². The average molecular weight is 527 g/mol. The van der Waals surface area contributed by atoms with Crippen LogP contribution in [-0.2, 0) is 30.1 Å². The van der Waals surface area contributed by atoms with E-state index in [1.54, 1.807) is 0 Å². The number of alkyl halides is 6. The summed E-state index contributed by atoms with van der Waals surface area (Å²) in [6.07, 6.45) is -4.80. The van der Waals surface area contributed by atoms with Crippen molar-refractivity contribution in [3.8, 4) is 0 Å². The van der Waals surface area contributed by atoms with E-state index in [1.807, 2.05) is 26.0 Å². The summed E-state index contributed by atoms with van der Waals surface area (Å²) >= 11 is 0. The predicted molar refractivity (Wildman–Crippen MR) is 128 cm³/mol. The summed E-state index contributed by atoms with van der Waals surface area (Å²) in [6.45, 7) is 3.46. The summed E-state index contributed by atoms with van der Waals surface area (Å²) in [4.78, 5) is 13.4. The maximum Gasteiger partial charge on any atom is 0.416 e. The fraction of sp³-hybridized carbons (Fsp3) is 0.536. The van der Waals surface area contributed by atoms with Crippen LogP contribution in [0.4, 0.5) is 26.3 Å². The number of carbonyl (C=O) groups is 1. The highest BCUT2D eigenvalue weighted by Gasteiger charge is 2.48. The SMILES string of the molecule is CC(C)[C@]1(C(=O)NCc2cc(C(F)(F)F)cc(C(F)(F)F)c2)CC[C@@H](NC2CCCc3ccccc32)C1. The van der Waals surface area contributed by atoms with Crippen molar-refractivity contribution in [2.45, 2.75) is 83.4 Å². The third-order valence-electron chi connectivity index (χ3n) is 8.01. The molecule has 3 nitrogen and oxygen atoms in total. The first-order valence-electron chi connectivity index (χ1n) is 12.7. The first-order valence-corrected chi connectivity index (χ1v) is 12.7. The standard InChI is InChI=1S/C28H32F6N2O/c1-17(2)26(11-10-22(15-26)36-24-9-5-7-19-6-3-4-8-23(19)24)25(37)35-16-18-12-20(27(29,30)31)14-21(13-18)28(32,33)34/h3-4,6,8,12-14,17,22,24,36H,5,7,9-11,15-16H2,1-2H3,(H,35,37)/t22-,24?,26+/m1/s1. The molecule has 2 aliphatic rings. The molecule has 0 spiro atoms. The molecular formula is C28H32F6N2O. The van der Waals surface area contributed by atoms with Crippen LogP contribution in [0.5, 0.6) is 0 Å². The Morgan fingerprint density at radius 1 is 1.00 bits per heavy atom. The second-order valence-electron chi connectivity index (χ2n) is 10.7. The fourth-order valence-corrected chi connectivity index (χ4v) is 5.90. The summed E-state index contributed by atoms with van der Waals surface area (Å²) in [7, 11) is 0. The highest BCUT2D eigenvalue weighted by Crippen LogP contribution is 2.46. The van der Waals surface area contributed by atoms with E-state index < -0.39 is 35.4 Å². The lowest BCUT2D eigenvalue weighted by atomic mass is 9.74. The van der Waals surface area contributed by atoms with E-state index in [-0.39, 0.29) is 35.5 Å². The molecule has 4 rings (SSSR count). The van der Waals surface area contributed by atoms with Crippen LogP contribution in [0, 0.1) is 11.3 Å². The molecule has 3 atom stereocenters. The van der Waals surface area contributed by atoms with E-state index in [4.69, 9.17) is 0 Å². The van der Waals surface area contributed by atoms with Crippen molar-refractivity contribution >= 4 is 5.91 Å². The Hall–Kier alpha value is -2.55. The van der Waals surface area contributed by atoms with Gasteiger partial charge in [0.25, 0.3) is 0 Å². The van der Waals surface area contributed by atoms with Crippen molar-refractivity contribution < 1.29 is 31.1 Å². The summed E-state index contributed by atoms with van der Waals surface area (Å²) < 4.78 is 79.3. The Balaban J connectivity index is 1.47. The summed E-state index contributed by atoms with van der Waals surface area (Å²) in [5.41, 5.74) is -1.14. The molecule has 0 heterocycles. The summed E-state index contributed by atoms with van der Waals surface area (Å²) in [5.74, 6) is -0.382. The van der Waals surface area contributed by atoms with Gasteiger partial charge in [-0.2, -0.15) is 26.3 Å². The van der Waals surface area contributed by atoms with Crippen molar-refractivity contribution in [3.05, 3.63) is 70.3 Å². The second kappa shape index (κ2) is 10.3. The molecular weight excluding hydrogens is 494 g/mol. The minimum Gasteiger partial charge on any atom is -0.352 e. The molecule has 0 aromatic heterocycles. The highest BCUT2D eigenvalue weighted by atomic mass is 19.4. The topological polar surface area (TPSA) is 41.1 Å². The number of benzene rings is 2. The number of nitrogens with one attached hydrogen (secondary N) is 2. The minimum absolute atomic E-state index is 0.0508. The van der Waals surface area contributed by atoms with Crippen LogP contribution in [0.15, 0.2) is 42.5 Å². The molecule has 0 aliphatic heterocycles. The number of fused-ring (bicyclic) bond motifs is 1. The van der Waals surface area contributed by atoms with Gasteiger partial charge in [-0.1, -0.05) is 38.1 Å². The number of carbonyl (C=O) groups excluding carboxylic acids is 1.